The van der Waals surface area contributed by atoms with Gasteiger partial charge in [-0.15, -0.1) is 0 Å². The average Bonchev–Trinajstić information content (AvgIpc) is 2.45. The molecule has 3 nitrogen and oxygen atoms in total. The molecule has 0 amide bonds. The van der Waals surface area contributed by atoms with Crippen LogP contribution in [0.1, 0.15) is 18.4 Å². The van der Waals surface area contributed by atoms with Gasteiger partial charge in [0, 0.05) is 11.6 Å². The van der Waals surface area contributed by atoms with Crippen LogP contribution in [0.4, 0.5) is 4.39 Å². The summed E-state index contributed by atoms with van der Waals surface area (Å²) in [6, 6.07) is 1.66. The molecule has 1 saturated heterocycles. The Morgan fingerprint density at radius 3 is 3.00 bits per heavy atom. The second-order valence-corrected chi connectivity index (χ2v) is 5.95. The predicted molar refractivity (Wildman–Crippen MR) is 74.4 cm³/mol. The quantitative estimate of drug-likeness (QED) is 0.905. The van der Waals surface area contributed by atoms with Gasteiger partial charge >= 0.3 is 0 Å². The van der Waals surface area contributed by atoms with Gasteiger partial charge in [-0.2, -0.15) is 0 Å². The summed E-state index contributed by atoms with van der Waals surface area (Å²) >= 11 is 3.26. The predicted octanol–water partition coefficient (Wildman–Crippen LogP) is 2.90. The molecule has 0 radical (unpaired) electrons. The van der Waals surface area contributed by atoms with Crippen LogP contribution >= 0.6 is 15.9 Å². The van der Waals surface area contributed by atoms with Crippen molar-refractivity contribution >= 4 is 15.9 Å². The first kappa shape index (κ1) is 13.2. The van der Waals surface area contributed by atoms with Crippen molar-refractivity contribution in [3.05, 3.63) is 21.9 Å². The Morgan fingerprint density at radius 1 is 1.37 bits per heavy atom. The summed E-state index contributed by atoms with van der Waals surface area (Å²) in [5.41, 5.74) is 0.651. The van der Waals surface area contributed by atoms with Crippen molar-refractivity contribution in [3.8, 4) is 11.5 Å². The van der Waals surface area contributed by atoms with E-state index in [-0.39, 0.29) is 5.82 Å². The van der Waals surface area contributed by atoms with Gasteiger partial charge in [0.2, 0.25) is 0 Å². The molecule has 0 saturated carbocycles. The van der Waals surface area contributed by atoms with Crippen LogP contribution < -0.4 is 14.8 Å². The molecule has 0 bridgehead atoms. The molecule has 2 heterocycles. The smallest absolute Gasteiger partial charge is 0.167 e. The molecule has 0 aliphatic carbocycles. The minimum atomic E-state index is -0.213. The highest BCUT2D eigenvalue weighted by atomic mass is 79.9. The number of nitrogens with one attached hydrogen (secondary N) is 1. The Labute approximate surface area is 120 Å². The van der Waals surface area contributed by atoms with E-state index in [2.05, 4.69) is 21.2 Å². The van der Waals surface area contributed by atoms with E-state index in [0.29, 0.717) is 47.1 Å². The molecular formula is C14H17BrFNO2. The van der Waals surface area contributed by atoms with Gasteiger partial charge in [0.25, 0.3) is 0 Å². The van der Waals surface area contributed by atoms with Crippen LogP contribution in [0, 0.1) is 11.7 Å². The molecular weight excluding hydrogens is 313 g/mol. The third-order valence-corrected chi connectivity index (χ3v) is 4.29. The zero-order valence-electron chi connectivity index (χ0n) is 10.7. The summed E-state index contributed by atoms with van der Waals surface area (Å²) in [5, 5.41) is 3.36. The van der Waals surface area contributed by atoms with E-state index in [9.17, 15) is 4.39 Å². The van der Waals surface area contributed by atoms with Crippen molar-refractivity contribution in [2.24, 2.45) is 5.92 Å². The number of piperidine rings is 1. The highest BCUT2D eigenvalue weighted by molar-refractivity contribution is 9.10. The summed E-state index contributed by atoms with van der Waals surface area (Å²) in [7, 11) is 0. The molecule has 104 valence electrons. The van der Waals surface area contributed by atoms with Crippen molar-refractivity contribution < 1.29 is 13.9 Å². The molecule has 1 N–H and O–H groups in total. The first-order valence-electron chi connectivity index (χ1n) is 6.73. The van der Waals surface area contributed by atoms with Gasteiger partial charge in [-0.1, -0.05) is 0 Å². The lowest BCUT2D eigenvalue weighted by Crippen LogP contribution is -2.31. The van der Waals surface area contributed by atoms with Gasteiger partial charge in [-0.25, -0.2) is 4.39 Å². The summed E-state index contributed by atoms with van der Waals surface area (Å²) in [5.74, 6) is 1.50. The number of halogens is 2. The maximum Gasteiger partial charge on any atom is 0.167 e. The van der Waals surface area contributed by atoms with Crippen molar-refractivity contribution in [1.29, 1.82) is 0 Å². The van der Waals surface area contributed by atoms with Crippen LogP contribution in [0.25, 0.3) is 0 Å². The van der Waals surface area contributed by atoms with E-state index in [1.165, 1.54) is 0 Å². The maximum atomic E-state index is 14.3. The average molecular weight is 330 g/mol. The number of fused-ring (bicyclic) bond motifs is 1. The second kappa shape index (κ2) is 5.67. The van der Waals surface area contributed by atoms with Crippen LogP contribution in [-0.4, -0.2) is 26.3 Å². The fourth-order valence-electron chi connectivity index (χ4n) is 2.77. The third kappa shape index (κ3) is 2.72. The molecule has 3 rings (SSSR count). The Kier molecular flexibility index (Phi) is 3.93. The molecule has 1 unspecified atom stereocenters. The van der Waals surface area contributed by atoms with Crippen LogP contribution in [-0.2, 0) is 6.42 Å². The van der Waals surface area contributed by atoms with Gasteiger partial charge in [0.1, 0.15) is 19.0 Å². The topological polar surface area (TPSA) is 30.5 Å². The minimum Gasteiger partial charge on any atom is -0.486 e. The molecule has 1 atom stereocenters. The lowest BCUT2D eigenvalue weighted by molar-refractivity contribution is 0.167. The molecule has 2 aliphatic rings. The highest BCUT2D eigenvalue weighted by Gasteiger charge is 2.25. The van der Waals surface area contributed by atoms with Crippen LogP contribution in [0.5, 0.6) is 11.5 Å². The second-order valence-electron chi connectivity index (χ2n) is 5.09. The van der Waals surface area contributed by atoms with E-state index in [0.717, 1.165) is 25.9 Å². The van der Waals surface area contributed by atoms with Crippen molar-refractivity contribution in [2.75, 3.05) is 26.3 Å². The van der Waals surface area contributed by atoms with E-state index < -0.39 is 0 Å². The van der Waals surface area contributed by atoms with Gasteiger partial charge in [0.05, 0.1) is 4.47 Å². The standard InChI is InChI=1S/C14H17BrFNO2/c15-11-7-12-14(19-5-4-18-12)10(13(11)16)6-9-2-1-3-17-8-9/h7,9,17H,1-6,8H2. The third-order valence-electron chi connectivity index (χ3n) is 3.71. The molecule has 0 spiro atoms. The van der Waals surface area contributed by atoms with E-state index >= 15 is 0 Å². The molecule has 5 heteroatoms. The van der Waals surface area contributed by atoms with Crippen LogP contribution in [0.15, 0.2) is 10.5 Å². The maximum absolute atomic E-state index is 14.3. The Bertz CT molecular complexity index is 475. The molecule has 19 heavy (non-hydrogen) atoms. The number of hydrogen-bond donors (Lipinski definition) is 1. The van der Waals surface area contributed by atoms with Crippen LogP contribution in [0.2, 0.25) is 0 Å². The molecule has 2 aliphatic heterocycles. The van der Waals surface area contributed by atoms with E-state index in [1.54, 1.807) is 6.07 Å². The van der Waals surface area contributed by atoms with Crippen molar-refractivity contribution in [3.63, 3.8) is 0 Å². The van der Waals surface area contributed by atoms with Crippen molar-refractivity contribution in [2.45, 2.75) is 19.3 Å². The first-order valence-corrected chi connectivity index (χ1v) is 7.52. The zero-order valence-corrected chi connectivity index (χ0v) is 12.3. The van der Waals surface area contributed by atoms with Gasteiger partial charge in [-0.05, 0) is 54.2 Å². The van der Waals surface area contributed by atoms with Crippen molar-refractivity contribution in [1.82, 2.24) is 5.32 Å². The fourth-order valence-corrected chi connectivity index (χ4v) is 3.21. The Hall–Kier alpha value is -0.810. The first-order chi connectivity index (χ1) is 9.25. The summed E-state index contributed by atoms with van der Waals surface area (Å²) in [6.07, 6.45) is 2.98. The molecule has 0 aromatic heterocycles. The van der Waals surface area contributed by atoms with Crippen LogP contribution in [0.3, 0.4) is 0 Å². The SMILES string of the molecule is Fc1c(Br)cc2c(c1CC1CCCNC1)OCCO2. The molecule has 1 fully saturated rings. The minimum absolute atomic E-state index is 0.213. The summed E-state index contributed by atoms with van der Waals surface area (Å²) in [6.45, 7) is 3.02. The summed E-state index contributed by atoms with van der Waals surface area (Å²) < 4.78 is 26.0. The number of benzene rings is 1. The highest BCUT2D eigenvalue weighted by Crippen LogP contribution is 2.40. The normalized spacial score (nSPS) is 22.3. The molecule has 1 aromatic carbocycles. The monoisotopic (exact) mass is 329 g/mol. The summed E-state index contributed by atoms with van der Waals surface area (Å²) in [4.78, 5) is 0. The number of hydrogen-bond acceptors (Lipinski definition) is 3. The largest absolute Gasteiger partial charge is 0.486 e. The van der Waals surface area contributed by atoms with Gasteiger partial charge in [0.15, 0.2) is 11.5 Å². The number of ether oxygens (including phenoxy) is 2. The molecule has 1 aromatic rings. The zero-order chi connectivity index (χ0) is 13.2. The lowest BCUT2D eigenvalue weighted by Gasteiger charge is -2.26. The van der Waals surface area contributed by atoms with Gasteiger partial charge < -0.3 is 14.8 Å². The Morgan fingerprint density at radius 2 is 2.21 bits per heavy atom. The fraction of sp³-hybridized carbons (Fsp3) is 0.571. The van der Waals surface area contributed by atoms with E-state index in [1.807, 2.05) is 0 Å². The van der Waals surface area contributed by atoms with E-state index in [4.69, 9.17) is 9.47 Å². The van der Waals surface area contributed by atoms with Gasteiger partial charge in [-0.3, -0.25) is 0 Å². The lowest BCUT2D eigenvalue weighted by atomic mass is 9.91. The Balaban J connectivity index is 1.91. The number of rotatable bonds is 2.